The molecule has 114 valence electrons. The second-order valence-corrected chi connectivity index (χ2v) is 6.34. The van der Waals surface area contributed by atoms with Gasteiger partial charge in [-0.15, -0.1) is 0 Å². The summed E-state index contributed by atoms with van der Waals surface area (Å²) in [6.07, 6.45) is 6.74. The van der Waals surface area contributed by atoms with Gasteiger partial charge in [0.05, 0.1) is 6.20 Å². The first kappa shape index (κ1) is 15.5. The Morgan fingerprint density at radius 2 is 2.10 bits per heavy atom. The first-order chi connectivity index (χ1) is 9.54. The lowest BCUT2D eigenvalue weighted by atomic mass is 10.0. The summed E-state index contributed by atoms with van der Waals surface area (Å²) in [5, 5.41) is 4.26. The fourth-order valence-corrected chi connectivity index (χ4v) is 2.89. The van der Waals surface area contributed by atoms with E-state index in [-0.39, 0.29) is 0 Å². The molecule has 2 rings (SSSR count). The number of nitrogens with zero attached hydrogens (tertiary/aromatic N) is 5. The maximum atomic E-state index is 4.26. The van der Waals surface area contributed by atoms with E-state index in [0.29, 0.717) is 6.04 Å². The van der Waals surface area contributed by atoms with Gasteiger partial charge in [0.1, 0.15) is 0 Å². The highest BCUT2D eigenvalue weighted by molar-refractivity contribution is 5.03. The Morgan fingerprint density at radius 1 is 1.30 bits per heavy atom. The number of aryl methyl sites for hydroxylation is 1. The molecule has 5 nitrogen and oxygen atoms in total. The zero-order valence-corrected chi connectivity index (χ0v) is 13.4. The molecule has 20 heavy (non-hydrogen) atoms. The monoisotopic (exact) mass is 279 g/mol. The summed E-state index contributed by atoms with van der Waals surface area (Å²) < 4.78 is 1.89. The molecule has 0 aromatic carbocycles. The van der Waals surface area contributed by atoms with Crippen molar-refractivity contribution in [3.05, 3.63) is 18.0 Å². The van der Waals surface area contributed by atoms with Gasteiger partial charge in [0.25, 0.3) is 0 Å². The van der Waals surface area contributed by atoms with Crippen LogP contribution < -0.4 is 0 Å². The van der Waals surface area contributed by atoms with Crippen molar-refractivity contribution in [3.8, 4) is 0 Å². The highest BCUT2D eigenvalue weighted by Crippen LogP contribution is 2.16. The zero-order valence-electron chi connectivity index (χ0n) is 13.4. The molecule has 1 aliphatic heterocycles. The van der Waals surface area contributed by atoms with Crippen LogP contribution in [-0.2, 0) is 13.6 Å². The second kappa shape index (κ2) is 7.20. The lowest BCUT2D eigenvalue weighted by molar-refractivity contribution is 0.106. The number of piperidine rings is 1. The van der Waals surface area contributed by atoms with Gasteiger partial charge in [-0.05, 0) is 40.5 Å². The Morgan fingerprint density at radius 3 is 2.75 bits per heavy atom. The molecule has 2 heterocycles. The lowest BCUT2D eigenvalue weighted by Gasteiger charge is -2.37. The summed E-state index contributed by atoms with van der Waals surface area (Å²) in [6.45, 7) is 5.71. The van der Waals surface area contributed by atoms with Gasteiger partial charge in [-0.1, -0.05) is 0 Å². The highest BCUT2D eigenvalue weighted by Gasteiger charge is 2.23. The number of aromatic nitrogens is 2. The predicted octanol–water partition coefficient (Wildman–Crippen LogP) is 0.878. The van der Waals surface area contributed by atoms with Gasteiger partial charge < -0.3 is 9.80 Å². The molecule has 0 saturated carbocycles. The number of likely N-dealkylation sites (N-methyl/N-ethyl adjacent to an activating group) is 2. The van der Waals surface area contributed by atoms with Gasteiger partial charge in [-0.25, -0.2) is 0 Å². The molecule has 0 bridgehead atoms. The number of rotatable bonds is 6. The van der Waals surface area contributed by atoms with Crippen LogP contribution in [0.4, 0.5) is 0 Å². The number of hydrogen-bond acceptors (Lipinski definition) is 4. The topological polar surface area (TPSA) is 27.5 Å². The minimum atomic E-state index is 0.695. The summed E-state index contributed by atoms with van der Waals surface area (Å²) in [7, 11) is 8.53. The third kappa shape index (κ3) is 4.58. The van der Waals surface area contributed by atoms with Gasteiger partial charge in [0.15, 0.2) is 0 Å². The molecule has 1 aromatic rings. The van der Waals surface area contributed by atoms with Crippen LogP contribution in [0.2, 0.25) is 0 Å². The van der Waals surface area contributed by atoms with E-state index in [4.69, 9.17) is 0 Å². The Kier molecular flexibility index (Phi) is 5.57. The average Bonchev–Trinajstić information content (AvgIpc) is 2.81. The van der Waals surface area contributed by atoms with E-state index in [1.165, 1.54) is 31.5 Å². The molecule has 1 fully saturated rings. The van der Waals surface area contributed by atoms with Crippen LogP contribution in [0.1, 0.15) is 18.4 Å². The van der Waals surface area contributed by atoms with E-state index in [2.05, 4.69) is 47.1 Å². The standard InChI is InChI=1S/C15H29N5/c1-17(2)8-9-18(3)15-6-5-7-20(13-15)12-14-10-16-19(4)11-14/h10-11,15H,5-9,12-13H2,1-4H3. The molecule has 5 heteroatoms. The maximum absolute atomic E-state index is 4.26. The molecule has 1 aromatic heterocycles. The van der Waals surface area contributed by atoms with Crippen molar-refractivity contribution in [2.45, 2.75) is 25.4 Å². The molecular weight excluding hydrogens is 250 g/mol. The molecular formula is C15H29N5. The molecule has 0 N–H and O–H groups in total. The lowest BCUT2D eigenvalue weighted by Crippen LogP contribution is -2.47. The van der Waals surface area contributed by atoms with E-state index in [1.807, 2.05) is 17.9 Å². The third-order valence-corrected chi connectivity index (χ3v) is 4.17. The molecule has 0 aliphatic carbocycles. The molecule has 1 aliphatic rings. The van der Waals surface area contributed by atoms with Crippen molar-refractivity contribution in [1.29, 1.82) is 0 Å². The quantitative estimate of drug-likeness (QED) is 0.772. The summed E-state index contributed by atoms with van der Waals surface area (Å²) in [5.41, 5.74) is 1.32. The van der Waals surface area contributed by atoms with Crippen LogP contribution in [0.25, 0.3) is 0 Å². The Labute approximate surface area is 123 Å². The van der Waals surface area contributed by atoms with Crippen LogP contribution in [0.15, 0.2) is 12.4 Å². The van der Waals surface area contributed by atoms with Crippen molar-refractivity contribution in [3.63, 3.8) is 0 Å². The Balaban J connectivity index is 1.81. The van der Waals surface area contributed by atoms with Crippen LogP contribution in [0.3, 0.4) is 0 Å². The molecule has 0 amide bonds. The maximum Gasteiger partial charge on any atom is 0.0534 e. The first-order valence-corrected chi connectivity index (χ1v) is 7.59. The molecule has 0 spiro atoms. The van der Waals surface area contributed by atoms with Crippen molar-refractivity contribution in [2.75, 3.05) is 47.3 Å². The smallest absolute Gasteiger partial charge is 0.0534 e. The van der Waals surface area contributed by atoms with Crippen molar-refractivity contribution < 1.29 is 0 Å². The zero-order chi connectivity index (χ0) is 14.5. The van der Waals surface area contributed by atoms with E-state index in [0.717, 1.165) is 19.6 Å². The van der Waals surface area contributed by atoms with Gasteiger partial charge in [0.2, 0.25) is 0 Å². The minimum Gasteiger partial charge on any atom is -0.308 e. The van der Waals surface area contributed by atoms with Crippen LogP contribution >= 0.6 is 0 Å². The second-order valence-electron chi connectivity index (χ2n) is 6.34. The largest absolute Gasteiger partial charge is 0.308 e. The van der Waals surface area contributed by atoms with E-state index >= 15 is 0 Å². The molecule has 1 atom stereocenters. The summed E-state index contributed by atoms with van der Waals surface area (Å²) >= 11 is 0. The van der Waals surface area contributed by atoms with Crippen LogP contribution in [-0.4, -0.2) is 77.8 Å². The van der Waals surface area contributed by atoms with Gasteiger partial charge in [0, 0.05) is 51.0 Å². The van der Waals surface area contributed by atoms with Crippen LogP contribution in [0, 0.1) is 0 Å². The average molecular weight is 279 g/mol. The minimum absolute atomic E-state index is 0.695. The summed E-state index contributed by atoms with van der Waals surface area (Å²) in [6, 6.07) is 0.695. The molecule has 1 saturated heterocycles. The number of hydrogen-bond donors (Lipinski definition) is 0. The van der Waals surface area contributed by atoms with E-state index in [9.17, 15) is 0 Å². The fourth-order valence-electron chi connectivity index (χ4n) is 2.89. The van der Waals surface area contributed by atoms with Crippen molar-refractivity contribution in [1.82, 2.24) is 24.5 Å². The molecule has 1 unspecified atom stereocenters. The SMILES string of the molecule is CN(C)CCN(C)C1CCCN(Cc2cnn(C)c2)C1. The predicted molar refractivity (Wildman–Crippen MR) is 82.7 cm³/mol. The van der Waals surface area contributed by atoms with Gasteiger partial charge >= 0.3 is 0 Å². The Hall–Kier alpha value is -0.910. The summed E-state index contributed by atoms with van der Waals surface area (Å²) in [4.78, 5) is 7.35. The van der Waals surface area contributed by atoms with Crippen molar-refractivity contribution in [2.24, 2.45) is 7.05 Å². The van der Waals surface area contributed by atoms with Gasteiger partial charge in [-0.2, -0.15) is 5.10 Å². The number of likely N-dealkylation sites (tertiary alicyclic amines) is 1. The third-order valence-electron chi connectivity index (χ3n) is 4.17. The first-order valence-electron chi connectivity index (χ1n) is 7.59. The van der Waals surface area contributed by atoms with Crippen LogP contribution in [0.5, 0.6) is 0 Å². The highest BCUT2D eigenvalue weighted by atomic mass is 15.3. The molecule has 0 radical (unpaired) electrons. The Bertz CT molecular complexity index is 401. The van der Waals surface area contributed by atoms with E-state index in [1.54, 1.807) is 0 Å². The van der Waals surface area contributed by atoms with Crippen molar-refractivity contribution >= 4 is 0 Å². The fraction of sp³-hybridized carbons (Fsp3) is 0.800. The van der Waals surface area contributed by atoms with E-state index < -0.39 is 0 Å². The van der Waals surface area contributed by atoms with Gasteiger partial charge in [-0.3, -0.25) is 9.58 Å². The normalized spacial score (nSPS) is 21.0. The summed E-state index contributed by atoms with van der Waals surface area (Å²) in [5.74, 6) is 0.